The Bertz CT molecular complexity index is 260. The third-order valence-corrected chi connectivity index (χ3v) is 2.65. The van der Waals surface area contributed by atoms with E-state index in [9.17, 15) is 5.11 Å². The van der Waals surface area contributed by atoms with E-state index >= 15 is 0 Å². The molecule has 0 amide bonds. The fourth-order valence-corrected chi connectivity index (χ4v) is 1.95. The first kappa shape index (κ1) is 8.73. The third-order valence-electron chi connectivity index (χ3n) is 2.65. The van der Waals surface area contributed by atoms with Gasteiger partial charge in [0, 0.05) is 12.0 Å². The maximum absolute atomic E-state index is 9.36. The molecule has 2 atom stereocenters. The first-order valence-electron chi connectivity index (χ1n) is 4.90. The van der Waals surface area contributed by atoms with Crippen LogP contribution in [0.4, 0.5) is 0 Å². The molecule has 1 unspecified atom stereocenters. The molecule has 2 nitrogen and oxygen atoms in total. The Hall–Kier alpha value is -0.860. The van der Waals surface area contributed by atoms with Gasteiger partial charge in [-0.3, -0.25) is 0 Å². The second kappa shape index (κ2) is 3.90. The zero-order valence-electron chi connectivity index (χ0n) is 7.74. The molecule has 1 saturated heterocycles. The highest BCUT2D eigenvalue weighted by Crippen LogP contribution is 1.98. The molecule has 0 radical (unpaired) electrons. The Morgan fingerprint density at radius 1 is 1.31 bits per heavy atom. The van der Waals surface area contributed by atoms with Crippen LogP contribution in [0.25, 0.3) is 0 Å². The quantitative estimate of drug-likeness (QED) is 0.646. The Balaban J connectivity index is 1.92. The molecule has 70 valence electrons. The van der Waals surface area contributed by atoms with E-state index in [1.54, 1.807) is 0 Å². The van der Waals surface area contributed by atoms with Gasteiger partial charge >= 0.3 is 0 Å². The lowest BCUT2D eigenvalue weighted by molar-refractivity contribution is -0.902. The number of nitrogens with one attached hydrogen (secondary N) is 1. The van der Waals surface area contributed by atoms with Gasteiger partial charge in [-0.25, -0.2) is 0 Å². The molecule has 0 spiro atoms. The first-order valence-corrected chi connectivity index (χ1v) is 4.90. The Kier molecular flexibility index (Phi) is 2.62. The molecular weight excluding hydrogens is 162 g/mol. The van der Waals surface area contributed by atoms with Crippen LogP contribution in [-0.2, 0) is 6.54 Å². The van der Waals surface area contributed by atoms with Gasteiger partial charge in [0.1, 0.15) is 19.2 Å². The molecule has 1 aromatic carbocycles. The molecule has 1 heterocycles. The van der Waals surface area contributed by atoms with E-state index in [2.05, 4.69) is 24.3 Å². The van der Waals surface area contributed by atoms with Crippen LogP contribution >= 0.6 is 0 Å². The predicted octanol–water partition coefficient (Wildman–Crippen LogP) is -0.164. The SMILES string of the molecule is O[C@H]1CC[NH+](Cc2ccccc2)C1. The molecule has 1 aromatic rings. The minimum atomic E-state index is -0.0706. The molecule has 0 aromatic heterocycles. The van der Waals surface area contributed by atoms with Gasteiger partial charge in [-0.15, -0.1) is 0 Å². The maximum atomic E-state index is 9.36. The lowest BCUT2D eigenvalue weighted by Gasteiger charge is -2.11. The number of likely N-dealkylation sites (tertiary alicyclic amines) is 1. The standard InChI is InChI=1S/C11H15NO/c13-11-6-7-12(9-11)8-10-4-2-1-3-5-10/h1-5,11,13H,6-9H2/p+1/t11-/m0/s1. The Morgan fingerprint density at radius 3 is 2.69 bits per heavy atom. The van der Waals surface area contributed by atoms with E-state index in [1.165, 1.54) is 10.5 Å². The van der Waals surface area contributed by atoms with Crippen LogP contribution in [0.3, 0.4) is 0 Å². The van der Waals surface area contributed by atoms with Crippen molar-refractivity contribution in [1.82, 2.24) is 0 Å². The number of hydrogen-bond acceptors (Lipinski definition) is 1. The van der Waals surface area contributed by atoms with Gasteiger partial charge in [-0.2, -0.15) is 0 Å². The first-order chi connectivity index (χ1) is 6.34. The molecule has 0 bridgehead atoms. The summed E-state index contributed by atoms with van der Waals surface area (Å²) >= 11 is 0. The van der Waals surface area contributed by atoms with Crippen LogP contribution < -0.4 is 4.90 Å². The fourth-order valence-electron chi connectivity index (χ4n) is 1.95. The monoisotopic (exact) mass is 178 g/mol. The summed E-state index contributed by atoms with van der Waals surface area (Å²) in [7, 11) is 0. The second-order valence-corrected chi connectivity index (χ2v) is 3.81. The number of benzene rings is 1. The van der Waals surface area contributed by atoms with Crippen LogP contribution in [0.1, 0.15) is 12.0 Å². The maximum Gasteiger partial charge on any atom is 0.108 e. The van der Waals surface area contributed by atoms with E-state index in [0.717, 1.165) is 26.1 Å². The number of aliphatic hydroxyl groups excluding tert-OH is 1. The van der Waals surface area contributed by atoms with Crippen molar-refractivity contribution in [3.8, 4) is 0 Å². The Morgan fingerprint density at radius 2 is 2.08 bits per heavy atom. The van der Waals surface area contributed by atoms with Crippen molar-refractivity contribution in [2.24, 2.45) is 0 Å². The van der Waals surface area contributed by atoms with Crippen LogP contribution in [0.5, 0.6) is 0 Å². The summed E-state index contributed by atoms with van der Waals surface area (Å²) in [5.74, 6) is 0. The smallest absolute Gasteiger partial charge is 0.108 e. The second-order valence-electron chi connectivity index (χ2n) is 3.81. The van der Waals surface area contributed by atoms with Crippen molar-refractivity contribution in [2.45, 2.75) is 19.1 Å². The van der Waals surface area contributed by atoms with Gasteiger partial charge in [-0.1, -0.05) is 30.3 Å². The number of rotatable bonds is 2. The van der Waals surface area contributed by atoms with E-state index in [-0.39, 0.29) is 6.10 Å². The lowest BCUT2D eigenvalue weighted by atomic mass is 10.2. The topological polar surface area (TPSA) is 24.7 Å². The molecule has 2 heteroatoms. The highest BCUT2D eigenvalue weighted by Gasteiger charge is 2.23. The zero-order valence-corrected chi connectivity index (χ0v) is 7.74. The molecule has 2 N–H and O–H groups in total. The van der Waals surface area contributed by atoms with Crippen LogP contribution in [0.15, 0.2) is 30.3 Å². The minimum Gasteiger partial charge on any atom is -0.387 e. The van der Waals surface area contributed by atoms with Crippen LogP contribution in [0, 0.1) is 0 Å². The van der Waals surface area contributed by atoms with E-state index < -0.39 is 0 Å². The van der Waals surface area contributed by atoms with E-state index in [4.69, 9.17) is 0 Å². The third kappa shape index (κ3) is 2.29. The van der Waals surface area contributed by atoms with E-state index in [0.29, 0.717) is 0 Å². The lowest BCUT2D eigenvalue weighted by Crippen LogP contribution is -3.09. The molecule has 1 fully saturated rings. The largest absolute Gasteiger partial charge is 0.387 e. The minimum absolute atomic E-state index is 0.0706. The van der Waals surface area contributed by atoms with Crippen molar-refractivity contribution < 1.29 is 10.0 Å². The van der Waals surface area contributed by atoms with Crippen molar-refractivity contribution >= 4 is 0 Å². The van der Waals surface area contributed by atoms with E-state index in [1.807, 2.05) is 6.07 Å². The van der Waals surface area contributed by atoms with Crippen molar-refractivity contribution in [3.63, 3.8) is 0 Å². The molecule has 0 aliphatic carbocycles. The van der Waals surface area contributed by atoms with Gasteiger partial charge < -0.3 is 10.0 Å². The highest BCUT2D eigenvalue weighted by atomic mass is 16.3. The average Bonchev–Trinajstić information content (AvgIpc) is 2.53. The molecule has 0 saturated carbocycles. The summed E-state index contributed by atoms with van der Waals surface area (Å²) in [6, 6.07) is 10.5. The Labute approximate surface area is 78.8 Å². The van der Waals surface area contributed by atoms with Crippen molar-refractivity contribution in [1.29, 1.82) is 0 Å². The van der Waals surface area contributed by atoms with Crippen molar-refractivity contribution in [3.05, 3.63) is 35.9 Å². The number of hydrogen-bond donors (Lipinski definition) is 2. The molecule has 1 aliphatic heterocycles. The summed E-state index contributed by atoms with van der Waals surface area (Å²) in [6.07, 6.45) is 0.890. The molecule has 2 rings (SSSR count). The van der Waals surface area contributed by atoms with Crippen molar-refractivity contribution in [2.75, 3.05) is 13.1 Å². The van der Waals surface area contributed by atoms with Gasteiger partial charge in [0.2, 0.25) is 0 Å². The average molecular weight is 178 g/mol. The molecule has 1 aliphatic rings. The summed E-state index contributed by atoms with van der Waals surface area (Å²) in [4.78, 5) is 1.50. The predicted molar refractivity (Wildman–Crippen MR) is 51.5 cm³/mol. The summed E-state index contributed by atoms with van der Waals surface area (Å²) < 4.78 is 0. The van der Waals surface area contributed by atoms with Gasteiger partial charge in [0.05, 0.1) is 6.54 Å². The van der Waals surface area contributed by atoms with Gasteiger partial charge in [-0.05, 0) is 0 Å². The number of aliphatic hydroxyl groups is 1. The molecule has 13 heavy (non-hydrogen) atoms. The van der Waals surface area contributed by atoms with Crippen LogP contribution in [0.2, 0.25) is 0 Å². The number of quaternary nitrogens is 1. The fraction of sp³-hybridized carbons (Fsp3) is 0.455. The normalized spacial score (nSPS) is 27.8. The van der Waals surface area contributed by atoms with Crippen LogP contribution in [-0.4, -0.2) is 24.3 Å². The van der Waals surface area contributed by atoms with Gasteiger partial charge in [0.15, 0.2) is 0 Å². The highest BCUT2D eigenvalue weighted by molar-refractivity contribution is 5.13. The zero-order chi connectivity index (χ0) is 9.10. The molecular formula is C11H16NO+. The van der Waals surface area contributed by atoms with Gasteiger partial charge in [0.25, 0.3) is 0 Å². The summed E-state index contributed by atoms with van der Waals surface area (Å²) in [5, 5.41) is 9.36. The summed E-state index contributed by atoms with van der Waals surface area (Å²) in [5.41, 5.74) is 1.37. The summed E-state index contributed by atoms with van der Waals surface area (Å²) in [6.45, 7) is 3.07.